The number of hydrogen-bond donors (Lipinski definition) is 1. The molecule has 1 aliphatic rings. The van der Waals surface area contributed by atoms with E-state index in [-0.39, 0.29) is 1.43 Å². The van der Waals surface area contributed by atoms with E-state index in [1.807, 2.05) is 4.90 Å². The van der Waals surface area contributed by atoms with Crippen molar-refractivity contribution < 1.29 is 6.22 Å². The molecule has 16 heavy (non-hydrogen) atoms. The van der Waals surface area contributed by atoms with Gasteiger partial charge in [-0.15, -0.1) is 0 Å². The molecule has 96 valence electrons. The van der Waals surface area contributed by atoms with Crippen molar-refractivity contribution in [3.8, 4) is 0 Å². The van der Waals surface area contributed by atoms with Crippen molar-refractivity contribution in [1.29, 1.82) is 0 Å². The number of amides is 1. The van der Waals surface area contributed by atoms with E-state index in [4.69, 9.17) is 0 Å². The zero-order chi connectivity index (χ0) is 12.0. The van der Waals surface area contributed by atoms with Crippen molar-refractivity contribution in [3.63, 3.8) is 0 Å². The Morgan fingerprint density at radius 3 is 2.56 bits per heavy atom. The lowest BCUT2D eigenvalue weighted by Crippen LogP contribution is -2.41. The van der Waals surface area contributed by atoms with Crippen LogP contribution in [-0.4, -0.2) is 36.5 Å². The van der Waals surface area contributed by atoms with E-state index in [1.54, 1.807) is 0 Å². The highest BCUT2D eigenvalue weighted by Crippen LogP contribution is 2.17. The van der Waals surface area contributed by atoms with Crippen LogP contribution < -0.4 is 5.32 Å². The van der Waals surface area contributed by atoms with E-state index in [0.29, 0.717) is 11.9 Å². The van der Waals surface area contributed by atoms with Crippen LogP contribution in [0.4, 0.5) is 0 Å². The largest absolute Gasteiger partial charge is 0.343 e. The molecule has 0 radical (unpaired) electrons. The standard InChI is InChI=1S/C13H26N2O.H2/c1-4-5-13(16)15-8-6-12(7-9-15)10-14-11(2)3;/h11-12,14H,4-10H2,1-3H3;1H. The molecule has 0 unspecified atom stereocenters. The molecular weight excluding hydrogens is 200 g/mol. The van der Waals surface area contributed by atoms with E-state index >= 15 is 0 Å². The minimum absolute atomic E-state index is 0. The van der Waals surface area contributed by atoms with Crippen LogP contribution in [0.1, 0.15) is 47.9 Å². The maximum absolute atomic E-state index is 11.7. The summed E-state index contributed by atoms with van der Waals surface area (Å²) in [6, 6.07) is 0.569. The van der Waals surface area contributed by atoms with Gasteiger partial charge in [0.2, 0.25) is 5.91 Å². The van der Waals surface area contributed by atoms with E-state index in [2.05, 4.69) is 26.1 Å². The number of piperidine rings is 1. The number of rotatable bonds is 5. The van der Waals surface area contributed by atoms with E-state index in [0.717, 1.165) is 51.2 Å². The first-order valence-electron chi connectivity index (χ1n) is 6.64. The van der Waals surface area contributed by atoms with Gasteiger partial charge in [0, 0.05) is 27.0 Å². The Bertz CT molecular complexity index is 213. The average molecular weight is 228 g/mol. The first kappa shape index (κ1) is 13.5. The Hall–Kier alpha value is -0.570. The van der Waals surface area contributed by atoms with E-state index < -0.39 is 0 Å². The SMILES string of the molecule is CCCC(=O)N1CCC(CNC(C)C)CC1.[HH]. The molecule has 0 aromatic carbocycles. The van der Waals surface area contributed by atoms with Gasteiger partial charge >= 0.3 is 0 Å². The highest BCUT2D eigenvalue weighted by atomic mass is 16.2. The van der Waals surface area contributed by atoms with Gasteiger partial charge in [0.05, 0.1) is 0 Å². The summed E-state index contributed by atoms with van der Waals surface area (Å²) in [6.45, 7) is 9.46. The van der Waals surface area contributed by atoms with Gasteiger partial charge in [-0.2, -0.15) is 0 Å². The minimum atomic E-state index is 0. The monoisotopic (exact) mass is 228 g/mol. The zero-order valence-corrected chi connectivity index (χ0v) is 11.0. The van der Waals surface area contributed by atoms with Crippen molar-refractivity contribution in [1.82, 2.24) is 10.2 Å². The first-order chi connectivity index (χ1) is 7.63. The summed E-state index contributed by atoms with van der Waals surface area (Å²) in [5.74, 6) is 1.10. The highest BCUT2D eigenvalue weighted by Gasteiger charge is 2.21. The highest BCUT2D eigenvalue weighted by molar-refractivity contribution is 5.76. The zero-order valence-electron chi connectivity index (χ0n) is 11.0. The number of carbonyl (C=O) groups is 1. The summed E-state index contributed by atoms with van der Waals surface area (Å²) in [5, 5.41) is 3.48. The van der Waals surface area contributed by atoms with Gasteiger partial charge in [-0.1, -0.05) is 20.8 Å². The van der Waals surface area contributed by atoms with Crippen LogP contribution in [0, 0.1) is 5.92 Å². The lowest BCUT2D eigenvalue weighted by atomic mass is 9.96. The summed E-state index contributed by atoms with van der Waals surface area (Å²) in [7, 11) is 0. The van der Waals surface area contributed by atoms with Gasteiger partial charge in [0.15, 0.2) is 0 Å². The fourth-order valence-electron chi connectivity index (χ4n) is 2.16. The topological polar surface area (TPSA) is 32.3 Å². The molecule has 3 heteroatoms. The van der Waals surface area contributed by atoms with Crippen LogP contribution in [0.15, 0.2) is 0 Å². The minimum Gasteiger partial charge on any atom is -0.343 e. The molecule has 0 bridgehead atoms. The second-order valence-electron chi connectivity index (χ2n) is 5.14. The quantitative estimate of drug-likeness (QED) is 0.783. The third-order valence-electron chi connectivity index (χ3n) is 3.25. The summed E-state index contributed by atoms with van der Waals surface area (Å²) in [4.78, 5) is 13.7. The smallest absolute Gasteiger partial charge is 0.222 e. The maximum Gasteiger partial charge on any atom is 0.222 e. The summed E-state index contributed by atoms with van der Waals surface area (Å²) in [5.41, 5.74) is 0. The Kier molecular flexibility index (Phi) is 5.81. The van der Waals surface area contributed by atoms with Crippen LogP contribution in [0.3, 0.4) is 0 Å². The van der Waals surface area contributed by atoms with Crippen LogP contribution in [0.25, 0.3) is 0 Å². The fourth-order valence-corrected chi connectivity index (χ4v) is 2.16. The Balaban J connectivity index is 0.00000256. The molecule has 1 N–H and O–H groups in total. The van der Waals surface area contributed by atoms with Gasteiger partial charge in [-0.25, -0.2) is 0 Å². The molecule has 0 aromatic rings. The molecule has 1 amide bonds. The van der Waals surface area contributed by atoms with Crippen molar-refractivity contribution in [2.75, 3.05) is 19.6 Å². The number of nitrogens with zero attached hydrogens (tertiary/aromatic N) is 1. The lowest BCUT2D eigenvalue weighted by Gasteiger charge is -2.32. The summed E-state index contributed by atoms with van der Waals surface area (Å²) >= 11 is 0. The number of hydrogen-bond acceptors (Lipinski definition) is 2. The van der Waals surface area contributed by atoms with Crippen LogP contribution in [0.2, 0.25) is 0 Å². The maximum atomic E-state index is 11.7. The molecule has 3 nitrogen and oxygen atoms in total. The molecule has 0 saturated carbocycles. The molecule has 1 saturated heterocycles. The second kappa shape index (κ2) is 6.89. The van der Waals surface area contributed by atoms with Gasteiger partial charge < -0.3 is 10.2 Å². The lowest BCUT2D eigenvalue weighted by molar-refractivity contribution is -0.132. The Morgan fingerprint density at radius 2 is 2.06 bits per heavy atom. The van der Waals surface area contributed by atoms with Crippen molar-refractivity contribution in [2.24, 2.45) is 5.92 Å². The molecule has 1 fully saturated rings. The third-order valence-corrected chi connectivity index (χ3v) is 3.25. The number of likely N-dealkylation sites (tertiary alicyclic amines) is 1. The molecule has 0 aliphatic carbocycles. The molecule has 0 spiro atoms. The summed E-state index contributed by atoms with van der Waals surface area (Å²) < 4.78 is 0. The number of carbonyl (C=O) groups excluding carboxylic acids is 1. The van der Waals surface area contributed by atoms with Gasteiger partial charge in [0.25, 0.3) is 0 Å². The molecule has 0 aromatic heterocycles. The van der Waals surface area contributed by atoms with Gasteiger partial charge in [-0.05, 0) is 31.7 Å². The van der Waals surface area contributed by atoms with Crippen LogP contribution in [0.5, 0.6) is 0 Å². The first-order valence-corrected chi connectivity index (χ1v) is 6.64. The van der Waals surface area contributed by atoms with Crippen molar-refractivity contribution in [2.45, 2.75) is 52.5 Å². The predicted molar refractivity (Wildman–Crippen MR) is 69.5 cm³/mol. The van der Waals surface area contributed by atoms with E-state index in [1.165, 1.54) is 0 Å². The van der Waals surface area contributed by atoms with Gasteiger partial charge in [-0.3, -0.25) is 4.79 Å². The van der Waals surface area contributed by atoms with Crippen LogP contribution in [-0.2, 0) is 4.79 Å². The second-order valence-corrected chi connectivity index (χ2v) is 5.14. The normalized spacial score (nSPS) is 18.1. The fraction of sp³-hybridized carbons (Fsp3) is 0.923. The number of nitrogens with one attached hydrogen (secondary N) is 1. The van der Waals surface area contributed by atoms with Crippen LogP contribution >= 0.6 is 0 Å². The molecule has 1 aliphatic heterocycles. The average Bonchev–Trinajstić information content (AvgIpc) is 2.27. The van der Waals surface area contributed by atoms with Gasteiger partial charge in [0.1, 0.15) is 0 Å². The molecule has 0 atom stereocenters. The Morgan fingerprint density at radius 1 is 1.44 bits per heavy atom. The van der Waals surface area contributed by atoms with E-state index in [9.17, 15) is 4.79 Å². The molecule has 1 heterocycles. The molecular formula is C13H28N2O. The molecule has 1 rings (SSSR count). The van der Waals surface area contributed by atoms with Crippen molar-refractivity contribution >= 4 is 5.91 Å². The summed E-state index contributed by atoms with van der Waals surface area (Å²) in [6.07, 6.45) is 4.01. The van der Waals surface area contributed by atoms with Crippen molar-refractivity contribution in [3.05, 3.63) is 0 Å². The Labute approximate surface area is 101 Å². The third kappa shape index (κ3) is 4.52. The predicted octanol–water partition coefficient (Wildman–Crippen LogP) is 2.27.